The van der Waals surface area contributed by atoms with E-state index in [2.05, 4.69) is 4.37 Å². The summed E-state index contributed by atoms with van der Waals surface area (Å²) in [5, 5.41) is 1.11. The Morgan fingerprint density at radius 3 is 3.00 bits per heavy atom. The molecular formula is C8H8N2S. The van der Waals surface area contributed by atoms with Gasteiger partial charge in [-0.2, -0.15) is 4.37 Å². The summed E-state index contributed by atoms with van der Waals surface area (Å²) in [6.07, 6.45) is 0. The Kier molecular flexibility index (Phi) is 1.32. The normalized spacial score (nSPS) is 10.6. The zero-order chi connectivity index (χ0) is 7.84. The number of fused-ring (bicyclic) bond motifs is 1. The van der Waals surface area contributed by atoms with E-state index < -0.39 is 0 Å². The number of rotatable bonds is 0. The molecule has 0 bridgehead atoms. The second kappa shape index (κ2) is 2.20. The van der Waals surface area contributed by atoms with Gasteiger partial charge in [0.2, 0.25) is 0 Å². The molecule has 0 aliphatic rings. The Bertz CT molecular complexity index is 392. The van der Waals surface area contributed by atoms with Crippen molar-refractivity contribution in [1.82, 2.24) is 4.37 Å². The van der Waals surface area contributed by atoms with Gasteiger partial charge in [0.25, 0.3) is 0 Å². The molecule has 2 rings (SSSR count). The van der Waals surface area contributed by atoms with Gasteiger partial charge in [-0.05, 0) is 30.1 Å². The third-order valence-corrected chi connectivity index (χ3v) is 2.56. The topological polar surface area (TPSA) is 38.9 Å². The number of aromatic nitrogens is 1. The zero-order valence-corrected chi connectivity index (χ0v) is 6.98. The number of aryl methyl sites for hydroxylation is 1. The minimum absolute atomic E-state index is 0.656. The third kappa shape index (κ3) is 0.886. The standard InChI is InChI=1S/C8H8N2S/c1-5-3-2-4-6-7(5)8(9)10-11-6/h2-4H,1H3,(H2,9,10). The van der Waals surface area contributed by atoms with E-state index in [0.717, 1.165) is 5.39 Å². The van der Waals surface area contributed by atoms with E-state index in [1.54, 1.807) is 0 Å². The molecule has 3 heteroatoms. The Morgan fingerprint density at radius 2 is 2.27 bits per heavy atom. The maximum Gasteiger partial charge on any atom is 0.145 e. The average Bonchev–Trinajstić information content (AvgIpc) is 2.34. The molecule has 0 spiro atoms. The number of benzene rings is 1. The number of nitrogens with two attached hydrogens (primary N) is 1. The van der Waals surface area contributed by atoms with Crippen molar-refractivity contribution >= 4 is 27.4 Å². The van der Waals surface area contributed by atoms with Crippen molar-refractivity contribution < 1.29 is 0 Å². The van der Waals surface area contributed by atoms with Crippen LogP contribution in [-0.4, -0.2) is 4.37 Å². The fourth-order valence-electron chi connectivity index (χ4n) is 1.19. The lowest BCUT2D eigenvalue weighted by molar-refractivity contribution is 1.51. The molecule has 0 aliphatic heterocycles. The summed E-state index contributed by atoms with van der Waals surface area (Å²) in [5.74, 6) is 0.656. The molecule has 2 N–H and O–H groups in total. The van der Waals surface area contributed by atoms with Crippen molar-refractivity contribution in [2.75, 3.05) is 5.73 Å². The molecule has 0 unspecified atom stereocenters. The molecule has 0 saturated heterocycles. The summed E-state index contributed by atoms with van der Waals surface area (Å²) < 4.78 is 5.24. The molecule has 1 aromatic carbocycles. The van der Waals surface area contributed by atoms with Crippen LogP contribution in [0.4, 0.5) is 5.82 Å². The summed E-state index contributed by atoms with van der Waals surface area (Å²) in [5.41, 5.74) is 6.88. The van der Waals surface area contributed by atoms with Gasteiger partial charge in [-0.15, -0.1) is 0 Å². The van der Waals surface area contributed by atoms with E-state index in [-0.39, 0.29) is 0 Å². The largest absolute Gasteiger partial charge is 0.382 e. The molecule has 0 fully saturated rings. The molecule has 56 valence electrons. The molecule has 0 saturated carbocycles. The highest BCUT2D eigenvalue weighted by molar-refractivity contribution is 7.13. The van der Waals surface area contributed by atoms with Crippen LogP contribution in [0.25, 0.3) is 10.1 Å². The van der Waals surface area contributed by atoms with Crippen LogP contribution in [0.5, 0.6) is 0 Å². The predicted molar refractivity (Wildman–Crippen MR) is 48.8 cm³/mol. The predicted octanol–water partition coefficient (Wildman–Crippen LogP) is 2.19. The fraction of sp³-hybridized carbons (Fsp3) is 0.125. The van der Waals surface area contributed by atoms with Crippen molar-refractivity contribution in [3.8, 4) is 0 Å². The summed E-state index contributed by atoms with van der Waals surface area (Å²) in [7, 11) is 0. The first-order valence-electron chi connectivity index (χ1n) is 3.39. The van der Waals surface area contributed by atoms with Crippen molar-refractivity contribution in [3.63, 3.8) is 0 Å². The van der Waals surface area contributed by atoms with E-state index in [0.29, 0.717) is 5.82 Å². The Morgan fingerprint density at radius 1 is 1.45 bits per heavy atom. The van der Waals surface area contributed by atoms with E-state index in [9.17, 15) is 0 Å². The highest BCUT2D eigenvalue weighted by Crippen LogP contribution is 2.26. The van der Waals surface area contributed by atoms with E-state index in [1.807, 2.05) is 25.1 Å². The van der Waals surface area contributed by atoms with Crippen LogP contribution >= 0.6 is 11.5 Å². The first-order chi connectivity index (χ1) is 5.29. The molecule has 0 aliphatic carbocycles. The molecule has 1 heterocycles. The van der Waals surface area contributed by atoms with E-state index in [1.165, 1.54) is 21.8 Å². The molecule has 1 aromatic heterocycles. The maximum absolute atomic E-state index is 5.68. The summed E-state index contributed by atoms with van der Waals surface area (Å²) in [6.45, 7) is 2.05. The van der Waals surface area contributed by atoms with Crippen LogP contribution < -0.4 is 5.73 Å². The number of nitrogens with zero attached hydrogens (tertiary/aromatic N) is 1. The van der Waals surface area contributed by atoms with E-state index in [4.69, 9.17) is 5.73 Å². The molecule has 2 nitrogen and oxygen atoms in total. The van der Waals surface area contributed by atoms with Crippen molar-refractivity contribution in [1.29, 1.82) is 0 Å². The van der Waals surface area contributed by atoms with Gasteiger partial charge in [-0.3, -0.25) is 0 Å². The van der Waals surface area contributed by atoms with E-state index >= 15 is 0 Å². The summed E-state index contributed by atoms with van der Waals surface area (Å²) in [4.78, 5) is 0. The lowest BCUT2D eigenvalue weighted by Crippen LogP contribution is -1.84. The lowest BCUT2D eigenvalue weighted by atomic mass is 10.1. The monoisotopic (exact) mass is 164 g/mol. The van der Waals surface area contributed by atoms with Gasteiger partial charge < -0.3 is 5.73 Å². The van der Waals surface area contributed by atoms with Gasteiger partial charge in [0.05, 0.1) is 4.70 Å². The van der Waals surface area contributed by atoms with Crippen LogP contribution in [-0.2, 0) is 0 Å². The number of hydrogen-bond acceptors (Lipinski definition) is 3. The molecule has 0 amide bonds. The van der Waals surface area contributed by atoms with Crippen molar-refractivity contribution in [2.45, 2.75) is 6.92 Å². The fourth-order valence-corrected chi connectivity index (χ4v) is 1.97. The molecule has 2 aromatic rings. The highest BCUT2D eigenvalue weighted by atomic mass is 32.1. The van der Waals surface area contributed by atoms with Crippen molar-refractivity contribution in [2.24, 2.45) is 0 Å². The summed E-state index contributed by atoms with van der Waals surface area (Å²) in [6, 6.07) is 6.11. The highest BCUT2D eigenvalue weighted by Gasteiger charge is 2.03. The van der Waals surface area contributed by atoms with Gasteiger partial charge in [-0.25, -0.2) is 0 Å². The first kappa shape index (κ1) is 6.61. The van der Waals surface area contributed by atoms with Crippen LogP contribution in [0, 0.1) is 6.92 Å². The van der Waals surface area contributed by atoms with Gasteiger partial charge in [-0.1, -0.05) is 12.1 Å². The number of anilines is 1. The number of hydrogen-bond donors (Lipinski definition) is 1. The summed E-state index contributed by atoms with van der Waals surface area (Å²) >= 11 is 1.45. The first-order valence-corrected chi connectivity index (χ1v) is 4.17. The van der Waals surface area contributed by atoms with Crippen molar-refractivity contribution in [3.05, 3.63) is 23.8 Å². The Labute approximate surface area is 68.8 Å². The molecule has 0 radical (unpaired) electrons. The molecule has 11 heavy (non-hydrogen) atoms. The van der Waals surface area contributed by atoms with Gasteiger partial charge >= 0.3 is 0 Å². The minimum Gasteiger partial charge on any atom is -0.382 e. The van der Waals surface area contributed by atoms with Crippen LogP contribution in [0.2, 0.25) is 0 Å². The number of nitrogen functional groups attached to an aromatic ring is 1. The second-order valence-electron chi connectivity index (χ2n) is 2.52. The van der Waals surface area contributed by atoms with Gasteiger partial charge in [0.1, 0.15) is 5.82 Å². The zero-order valence-electron chi connectivity index (χ0n) is 6.16. The van der Waals surface area contributed by atoms with Gasteiger partial charge in [0, 0.05) is 5.39 Å². The van der Waals surface area contributed by atoms with Gasteiger partial charge in [0.15, 0.2) is 0 Å². The smallest absolute Gasteiger partial charge is 0.145 e. The minimum atomic E-state index is 0.656. The quantitative estimate of drug-likeness (QED) is 0.648. The third-order valence-electron chi connectivity index (χ3n) is 1.73. The second-order valence-corrected chi connectivity index (χ2v) is 3.32. The Balaban J connectivity index is 2.96. The van der Waals surface area contributed by atoms with Crippen LogP contribution in [0.1, 0.15) is 5.56 Å². The SMILES string of the molecule is Cc1cccc2snc(N)c12. The van der Waals surface area contributed by atoms with Crippen LogP contribution in [0.3, 0.4) is 0 Å². The Hall–Kier alpha value is -1.09. The molecular weight excluding hydrogens is 156 g/mol. The average molecular weight is 164 g/mol. The maximum atomic E-state index is 5.68. The molecule has 0 atom stereocenters. The lowest BCUT2D eigenvalue weighted by Gasteiger charge is -1.93. The van der Waals surface area contributed by atoms with Crippen LogP contribution in [0.15, 0.2) is 18.2 Å².